The largest absolute Gasteiger partial charge is 0.444 e. The summed E-state index contributed by atoms with van der Waals surface area (Å²) in [6.45, 7) is 8.81. The molecule has 1 saturated heterocycles. The molecule has 0 aromatic rings. The monoisotopic (exact) mass is 270 g/mol. The highest BCUT2D eigenvalue weighted by Crippen LogP contribution is 2.15. The van der Waals surface area contributed by atoms with E-state index in [1.807, 2.05) is 20.8 Å². The van der Waals surface area contributed by atoms with E-state index in [1.165, 1.54) is 0 Å². The van der Waals surface area contributed by atoms with Crippen LogP contribution in [-0.4, -0.2) is 41.6 Å². The van der Waals surface area contributed by atoms with Crippen molar-refractivity contribution in [2.24, 2.45) is 0 Å². The Morgan fingerprint density at radius 1 is 1.37 bits per heavy atom. The third-order valence-corrected chi connectivity index (χ3v) is 2.96. The molecule has 2 amide bonds. The van der Waals surface area contributed by atoms with E-state index in [9.17, 15) is 9.59 Å². The van der Waals surface area contributed by atoms with Gasteiger partial charge in [0.15, 0.2) is 0 Å². The number of carbonyl (C=O) groups is 2. The molecule has 1 unspecified atom stereocenters. The Balaban J connectivity index is 2.33. The maximum atomic E-state index is 11.9. The van der Waals surface area contributed by atoms with Crippen LogP contribution in [0.15, 0.2) is 0 Å². The Labute approximate surface area is 115 Å². The van der Waals surface area contributed by atoms with E-state index >= 15 is 0 Å². The second-order valence-corrected chi connectivity index (χ2v) is 6.08. The maximum Gasteiger partial charge on any atom is 0.410 e. The van der Waals surface area contributed by atoms with Crippen LogP contribution in [0.4, 0.5) is 4.79 Å². The molecule has 0 radical (unpaired) electrons. The number of ether oxygens (including phenoxy) is 1. The van der Waals surface area contributed by atoms with Crippen LogP contribution in [0.2, 0.25) is 0 Å². The van der Waals surface area contributed by atoms with Crippen molar-refractivity contribution < 1.29 is 14.3 Å². The van der Waals surface area contributed by atoms with Crippen molar-refractivity contribution in [2.75, 3.05) is 13.1 Å². The van der Waals surface area contributed by atoms with E-state index in [4.69, 9.17) is 4.74 Å². The predicted octanol–water partition coefficient (Wildman–Crippen LogP) is 2.30. The summed E-state index contributed by atoms with van der Waals surface area (Å²) < 4.78 is 5.31. The molecule has 1 aliphatic rings. The van der Waals surface area contributed by atoms with Gasteiger partial charge in [-0.25, -0.2) is 4.79 Å². The number of carbonyl (C=O) groups excluding carboxylic acids is 2. The average molecular weight is 270 g/mol. The van der Waals surface area contributed by atoms with Gasteiger partial charge in [0.05, 0.1) is 0 Å². The van der Waals surface area contributed by atoms with Gasteiger partial charge in [-0.05, 0) is 33.6 Å². The zero-order chi connectivity index (χ0) is 14.5. The van der Waals surface area contributed by atoms with Gasteiger partial charge in [0, 0.05) is 25.6 Å². The number of nitrogens with zero attached hydrogens (tertiary/aromatic N) is 1. The summed E-state index contributed by atoms with van der Waals surface area (Å²) in [6.07, 6.45) is 3.00. The van der Waals surface area contributed by atoms with E-state index in [1.54, 1.807) is 4.90 Å². The third kappa shape index (κ3) is 5.94. The summed E-state index contributed by atoms with van der Waals surface area (Å²) in [5, 5.41) is 2.97. The zero-order valence-electron chi connectivity index (χ0n) is 12.5. The summed E-state index contributed by atoms with van der Waals surface area (Å²) in [6, 6.07) is 0.0666. The van der Waals surface area contributed by atoms with Gasteiger partial charge in [0.25, 0.3) is 0 Å². The lowest BCUT2D eigenvalue weighted by atomic mass is 10.2. The molecule has 0 spiro atoms. The summed E-state index contributed by atoms with van der Waals surface area (Å²) in [7, 11) is 0. The normalized spacial score (nSPS) is 19.4. The molecule has 0 bridgehead atoms. The van der Waals surface area contributed by atoms with Crippen LogP contribution in [-0.2, 0) is 9.53 Å². The average Bonchev–Trinajstić information content (AvgIpc) is 2.72. The van der Waals surface area contributed by atoms with Crippen LogP contribution in [0.3, 0.4) is 0 Å². The minimum atomic E-state index is -0.473. The van der Waals surface area contributed by atoms with E-state index in [2.05, 4.69) is 12.2 Å². The van der Waals surface area contributed by atoms with Crippen molar-refractivity contribution in [2.45, 2.75) is 65.0 Å². The van der Waals surface area contributed by atoms with Gasteiger partial charge in [0.2, 0.25) is 5.91 Å². The van der Waals surface area contributed by atoms with Gasteiger partial charge in [-0.1, -0.05) is 13.3 Å². The first-order chi connectivity index (χ1) is 8.81. The molecule has 0 aromatic carbocycles. The highest BCUT2D eigenvalue weighted by molar-refractivity contribution is 5.76. The Kier molecular flexibility index (Phi) is 5.63. The Morgan fingerprint density at radius 2 is 2.05 bits per heavy atom. The first kappa shape index (κ1) is 15.8. The molecule has 19 heavy (non-hydrogen) atoms. The summed E-state index contributed by atoms with van der Waals surface area (Å²) in [5.41, 5.74) is -0.473. The molecule has 1 aliphatic heterocycles. The number of nitrogens with one attached hydrogen (secondary N) is 1. The molecule has 1 fully saturated rings. The van der Waals surface area contributed by atoms with Crippen molar-refractivity contribution in [3.63, 3.8) is 0 Å². The van der Waals surface area contributed by atoms with E-state index in [0.29, 0.717) is 19.5 Å². The number of hydrogen-bond donors (Lipinski definition) is 1. The number of amides is 2. The lowest BCUT2D eigenvalue weighted by molar-refractivity contribution is -0.121. The number of hydrogen-bond acceptors (Lipinski definition) is 3. The van der Waals surface area contributed by atoms with Crippen molar-refractivity contribution in [3.05, 3.63) is 0 Å². The minimum absolute atomic E-state index is 0.0666. The molecule has 0 aliphatic carbocycles. The maximum absolute atomic E-state index is 11.9. The van der Waals surface area contributed by atoms with Crippen LogP contribution < -0.4 is 5.32 Å². The molecule has 1 rings (SSSR count). The first-order valence-corrected chi connectivity index (χ1v) is 7.09. The lowest BCUT2D eigenvalue weighted by Gasteiger charge is -2.24. The number of rotatable bonds is 4. The van der Waals surface area contributed by atoms with Gasteiger partial charge in [-0.15, -0.1) is 0 Å². The molecule has 0 saturated carbocycles. The van der Waals surface area contributed by atoms with E-state index < -0.39 is 5.60 Å². The van der Waals surface area contributed by atoms with Crippen LogP contribution in [0.1, 0.15) is 53.4 Å². The molecule has 110 valence electrons. The van der Waals surface area contributed by atoms with Crippen molar-refractivity contribution in [3.8, 4) is 0 Å². The Bertz CT molecular complexity index is 323. The fourth-order valence-corrected chi connectivity index (χ4v) is 2.01. The summed E-state index contributed by atoms with van der Waals surface area (Å²) >= 11 is 0. The quantitative estimate of drug-likeness (QED) is 0.852. The van der Waals surface area contributed by atoms with Crippen LogP contribution in [0, 0.1) is 0 Å². The highest BCUT2D eigenvalue weighted by atomic mass is 16.6. The SMILES string of the molecule is CCCCC(=O)NC1CCN(C(=O)OC(C)(C)C)C1. The fourth-order valence-electron chi connectivity index (χ4n) is 2.01. The topological polar surface area (TPSA) is 58.6 Å². The molecule has 1 heterocycles. The van der Waals surface area contributed by atoms with Gasteiger partial charge >= 0.3 is 6.09 Å². The lowest BCUT2D eigenvalue weighted by Crippen LogP contribution is -2.40. The highest BCUT2D eigenvalue weighted by Gasteiger charge is 2.30. The second-order valence-electron chi connectivity index (χ2n) is 6.08. The molecular formula is C14H26N2O3. The molecule has 0 aromatic heterocycles. The molecule has 1 N–H and O–H groups in total. The van der Waals surface area contributed by atoms with Crippen molar-refractivity contribution in [1.82, 2.24) is 10.2 Å². The van der Waals surface area contributed by atoms with Gasteiger partial charge in [0.1, 0.15) is 5.60 Å². The third-order valence-electron chi connectivity index (χ3n) is 2.96. The minimum Gasteiger partial charge on any atom is -0.444 e. The summed E-state index contributed by atoms with van der Waals surface area (Å²) in [4.78, 5) is 25.1. The Morgan fingerprint density at radius 3 is 2.63 bits per heavy atom. The van der Waals surface area contributed by atoms with Gasteiger partial charge in [-0.3, -0.25) is 4.79 Å². The van der Waals surface area contributed by atoms with Gasteiger partial charge in [-0.2, -0.15) is 0 Å². The molecular weight excluding hydrogens is 244 g/mol. The van der Waals surface area contributed by atoms with Crippen molar-refractivity contribution >= 4 is 12.0 Å². The molecule has 5 nitrogen and oxygen atoms in total. The molecule has 5 heteroatoms. The standard InChI is InChI=1S/C14H26N2O3/c1-5-6-7-12(17)15-11-8-9-16(10-11)13(18)19-14(2,3)4/h11H,5-10H2,1-4H3,(H,15,17). The van der Waals surface area contributed by atoms with Crippen LogP contribution in [0.25, 0.3) is 0 Å². The summed E-state index contributed by atoms with van der Waals surface area (Å²) in [5.74, 6) is 0.0814. The van der Waals surface area contributed by atoms with Crippen LogP contribution in [0.5, 0.6) is 0 Å². The van der Waals surface area contributed by atoms with E-state index in [-0.39, 0.29) is 18.0 Å². The predicted molar refractivity (Wildman–Crippen MR) is 73.9 cm³/mol. The number of unbranched alkanes of at least 4 members (excludes halogenated alkanes) is 1. The second kappa shape index (κ2) is 6.78. The van der Waals surface area contributed by atoms with Gasteiger partial charge < -0.3 is 15.0 Å². The Hall–Kier alpha value is -1.26. The fraction of sp³-hybridized carbons (Fsp3) is 0.857. The first-order valence-electron chi connectivity index (χ1n) is 7.09. The number of likely N-dealkylation sites (tertiary alicyclic amines) is 1. The van der Waals surface area contributed by atoms with Crippen LogP contribution >= 0.6 is 0 Å². The smallest absolute Gasteiger partial charge is 0.410 e. The van der Waals surface area contributed by atoms with Crippen molar-refractivity contribution in [1.29, 1.82) is 0 Å². The molecule has 1 atom stereocenters. The zero-order valence-corrected chi connectivity index (χ0v) is 12.5. The van der Waals surface area contributed by atoms with E-state index in [0.717, 1.165) is 19.3 Å².